The first-order valence-electron chi connectivity index (χ1n) is 3.54. The molecule has 60 valence electrons. The molecule has 1 aromatic carbocycles. The first kappa shape index (κ1) is 8.62. The Labute approximate surface area is 72.0 Å². The lowest BCUT2D eigenvalue weighted by Crippen LogP contribution is -1.85. The van der Waals surface area contributed by atoms with E-state index in [1.165, 1.54) is 23.2 Å². The Hall–Kier alpha value is -0.470. The third-order valence-electron chi connectivity index (χ3n) is 1.43. The molecule has 0 spiro atoms. The van der Waals surface area contributed by atoms with Crippen molar-refractivity contribution in [2.24, 2.45) is 0 Å². The molecule has 0 saturated carbocycles. The Kier molecular flexibility index (Phi) is 3.46. The lowest BCUT2D eigenvalue weighted by atomic mass is 10.1. The molecule has 0 unspecified atom stereocenters. The number of aryl methyl sites for hydroxylation is 1. The maximum absolute atomic E-state index is 5.19. The Morgan fingerprint density at radius 1 is 1.45 bits per heavy atom. The van der Waals surface area contributed by atoms with Crippen LogP contribution in [0.5, 0.6) is 0 Å². The molecule has 0 aliphatic carbocycles. The number of benzene rings is 1. The Morgan fingerprint density at radius 3 is 2.91 bits per heavy atom. The first-order chi connectivity index (χ1) is 5.33. The molecule has 0 aliphatic heterocycles. The predicted octanol–water partition coefficient (Wildman–Crippen LogP) is 2.79. The van der Waals surface area contributed by atoms with Crippen molar-refractivity contribution in [2.75, 3.05) is 6.26 Å². The van der Waals surface area contributed by atoms with E-state index in [-0.39, 0.29) is 0 Å². The zero-order valence-electron chi connectivity index (χ0n) is 6.83. The molecule has 0 radical (unpaired) electrons. The normalized spacial score (nSPS) is 10.0. The van der Waals surface area contributed by atoms with Crippen molar-refractivity contribution in [3.05, 3.63) is 35.4 Å². The maximum Gasteiger partial charge on any atom is 0.0864 e. The summed E-state index contributed by atoms with van der Waals surface area (Å²) in [4.78, 5) is 0. The standard InChI is InChI=1S/C9H12OS/c1-8-4-3-5-9(6-8)7-10-11-2/h3-6H,7H2,1-2H3. The lowest BCUT2D eigenvalue weighted by molar-refractivity contribution is 0.366. The Balaban J connectivity index is 2.56. The Morgan fingerprint density at radius 2 is 2.27 bits per heavy atom. The monoisotopic (exact) mass is 168 g/mol. The molecule has 0 aromatic heterocycles. The molecule has 11 heavy (non-hydrogen) atoms. The molecule has 1 nitrogen and oxygen atoms in total. The van der Waals surface area contributed by atoms with E-state index in [0.29, 0.717) is 6.61 Å². The maximum atomic E-state index is 5.19. The summed E-state index contributed by atoms with van der Waals surface area (Å²) in [6.07, 6.45) is 1.93. The van der Waals surface area contributed by atoms with Crippen molar-refractivity contribution in [1.29, 1.82) is 0 Å². The largest absolute Gasteiger partial charge is 0.311 e. The average Bonchev–Trinajstić information content (AvgIpc) is 2.01. The number of hydrogen-bond acceptors (Lipinski definition) is 2. The summed E-state index contributed by atoms with van der Waals surface area (Å²) in [6, 6.07) is 8.34. The van der Waals surface area contributed by atoms with Gasteiger partial charge in [-0.2, -0.15) is 0 Å². The van der Waals surface area contributed by atoms with Gasteiger partial charge in [-0.1, -0.05) is 29.8 Å². The fraction of sp³-hybridized carbons (Fsp3) is 0.333. The zero-order chi connectivity index (χ0) is 8.10. The molecule has 0 saturated heterocycles. The Bertz CT molecular complexity index is 223. The van der Waals surface area contributed by atoms with Crippen molar-refractivity contribution in [1.82, 2.24) is 0 Å². The molecule has 1 rings (SSSR count). The number of rotatable bonds is 3. The summed E-state index contributed by atoms with van der Waals surface area (Å²) in [5.41, 5.74) is 2.52. The van der Waals surface area contributed by atoms with Gasteiger partial charge in [-0.05, 0) is 24.5 Å². The average molecular weight is 168 g/mol. The summed E-state index contributed by atoms with van der Waals surface area (Å²) in [6.45, 7) is 2.78. The second kappa shape index (κ2) is 4.42. The van der Waals surface area contributed by atoms with Crippen molar-refractivity contribution in [2.45, 2.75) is 13.5 Å². The van der Waals surface area contributed by atoms with Crippen LogP contribution in [0, 0.1) is 6.92 Å². The van der Waals surface area contributed by atoms with Gasteiger partial charge in [0.15, 0.2) is 0 Å². The van der Waals surface area contributed by atoms with Crippen LogP contribution in [0.15, 0.2) is 24.3 Å². The summed E-state index contributed by atoms with van der Waals surface area (Å²) in [5, 5.41) is 0. The summed E-state index contributed by atoms with van der Waals surface area (Å²) < 4.78 is 5.19. The van der Waals surface area contributed by atoms with E-state index in [0.717, 1.165) is 0 Å². The van der Waals surface area contributed by atoms with Gasteiger partial charge in [-0.15, -0.1) is 0 Å². The van der Waals surface area contributed by atoms with Crippen LogP contribution in [0.3, 0.4) is 0 Å². The molecule has 0 atom stereocenters. The van der Waals surface area contributed by atoms with Gasteiger partial charge >= 0.3 is 0 Å². The van der Waals surface area contributed by atoms with E-state index < -0.39 is 0 Å². The van der Waals surface area contributed by atoms with Gasteiger partial charge < -0.3 is 4.18 Å². The number of hydrogen-bond donors (Lipinski definition) is 0. The fourth-order valence-corrected chi connectivity index (χ4v) is 1.18. The molecular formula is C9H12OS. The van der Waals surface area contributed by atoms with E-state index in [9.17, 15) is 0 Å². The van der Waals surface area contributed by atoms with Crippen LogP contribution in [-0.2, 0) is 10.8 Å². The molecule has 2 heteroatoms. The van der Waals surface area contributed by atoms with Gasteiger partial charge in [0.2, 0.25) is 0 Å². The van der Waals surface area contributed by atoms with Crippen LogP contribution in [-0.4, -0.2) is 6.26 Å². The quantitative estimate of drug-likeness (QED) is 0.642. The topological polar surface area (TPSA) is 9.23 Å². The molecule has 0 fully saturated rings. The van der Waals surface area contributed by atoms with Crippen LogP contribution in [0.25, 0.3) is 0 Å². The second-order valence-corrected chi connectivity index (χ2v) is 2.99. The molecule has 0 amide bonds. The molecule has 0 N–H and O–H groups in total. The van der Waals surface area contributed by atoms with Crippen molar-refractivity contribution in [3.8, 4) is 0 Å². The van der Waals surface area contributed by atoms with Gasteiger partial charge in [0.25, 0.3) is 0 Å². The highest BCUT2D eigenvalue weighted by Crippen LogP contribution is 2.08. The van der Waals surface area contributed by atoms with Crippen LogP contribution in [0.4, 0.5) is 0 Å². The van der Waals surface area contributed by atoms with Gasteiger partial charge in [-0.3, -0.25) is 0 Å². The van der Waals surface area contributed by atoms with Gasteiger partial charge in [0.05, 0.1) is 6.61 Å². The smallest absolute Gasteiger partial charge is 0.0864 e. The third-order valence-corrected chi connectivity index (χ3v) is 1.78. The van der Waals surface area contributed by atoms with Gasteiger partial charge in [0.1, 0.15) is 0 Å². The summed E-state index contributed by atoms with van der Waals surface area (Å²) in [5.74, 6) is 0. The highest BCUT2D eigenvalue weighted by molar-refractivity contribution is 7.93. The predicted molar refractivity (Wildman–Crippen MR) is 49.5 cm³/mol. The van der Waals surface area contributed by atoms with E-state index in [1.807, 2.05) is 12.3 Å². The fourth-order valence-electron chi connectivity index (χ4n) is 0.929. The third kappa shape index (κ3) is 2.95. The minimum atomic E-state index is 0.697. The van der Waals surface area contributed by atoms with Gasteiger partial charge in [-0.25, -0.2) is 0 Å². The zero-order valence-corrected chi connectivity index (χ0v) is 7.65. The minimum Gasteiger partial charge on any atom is -0.311 e. The van der Waals surface area contributed by atoms with E-state index in [4.69, 9.17) is 4.18 Å². The van der Waals surface area contributed by atoms with Crippen LogP contribution < -0.4 is 0 Å². The molecule has 1 aromatic rings. The highest BCUT2D eigenvalue weighted by Gasteiger charge is 1.91. The first-order valence-corrected chi connectivity index (χ1v) is 4.69. The van der Waals surface area contributed by atoms with E-state index in [2.05, 4.69) is 25.1 Å². The lowest BCUT2D eigenvalue weighted by Gasteiger charge is -2.00. The van der Waals surface area contributed by atoms with E-state index >= 15 is 0 Å². The minimum absolute atomic E-state index is 0.697. The van der Waals surface area contributed by atoms with Crippen LogP contribution >= 0.6 is 12.0 Å². The molecule has 0 bridgehead atoms. The van der Waals surface area contributed by atoms with Crippen molar-refractivity contribution < 1.29 is 4.18 Å². The highest BCUT2D eigenvalue weighted by atomic mass is 32.2. The summed E-state index contributed by atoms with van der Waals surface area (Å²) >= 11 is 1.40. The molecular weight excluding hydrogens is 156 g/mol. The van der Waals surface area contributed by atoms with Gasteiger partial charge in [0, 0.05) is 6.26 Å². The summed E-state index contributed by atoms with van der Waals surface area (Å²) in [7, 11) is 0. The van der Waals surface area contributed by atoms with Crippen LogP contribution in [0.1, 0.15) is 11.1 Å². The van der Waals surface area contributed by atoms with Crippen molar-refractivity contribution in [3.63, 3.8) is 0 Å². The SMILES string of the molecule is CSOCc1cccc(C)c1. The molecule has 0 heterocycles. The van der Waals surface area contributed by atoms with Crippen molar-refractivity contribution >= 4 is 12.0 Å². The van der Waals surface area contributed by atoms with Crippen LogP contribution in [0.2, 0.25) is 0 Å². The molecule has 0 aliphatic rings. The second-order valence-electron chi connectivity index (χ2n) is 2.42. The van der Waals surface area contributed by atoms with E-state index in [1.54, 1.807) is 0 Å².